The van der Waals surface area contributed by atoms with Gasteiger partial charge in [0.2, 0.25) is 11.8 Å². The zero-order chi connectivity index (χ0) is 28.8. The van der Waals surface area contributed by atoms with Gasteiger partial charge in [-0.15, -0.1) is 10.2 Å². The summed E-state index contributed by atoms with van der Waals surface area (Å²) in [7, 11) is 3.25. The maximum Gasteiger partial charge on any atom is 0.233 e. The molecule has 0 aliphatic carbocycles. The molecule has 1 aromatic heterocycles. The van der Waals surface area contributed by atoms with E-state index in [2.05, 4.69) is 10.2 Å². The van der Waals surface area contributed by atoms with Crippen LogP contribution in [0.4, 0.5) is 0 Å². The second kappa shape index (κ2) is 12.9. The lowest BCUT2D eigenvalue weighted by atomic mass is 10.1. The molecule has 0 saturated carbocycles. The highest BCUT2D eigenvalue weighted by molar-refractivity contribution is 7.99. The number of ether oxygens (including phenoxy) is 2. The lowest BCUT2D eigenvalue weighted by Crippen LogP contribution is -2.56. The molecule has 9 nitrogen and oxygen atoms in total. The summed E-state index contributed by atoms with van der Waals surface area (Å²) in [4.78, 5) is 30.0. The van der Waals surface area contributed by atoms with E-state index in [-0.39, 0.29) is 23.6 Å². The van der Waals surface area contributed by atoms with Gasteiger partial charge in [-0.2, -0.15) is 0 Å². The maximum absolute atomic E-state index is 13.3. The van der Waals surface area contributed by atoms with E-state index in [0.717, 1.165) is 28.3 Å². The molecule has 10 heteroatoms. The monoisotopic (exact) mass is 571 g/mol. The summed E-state index contributed by atoms with van der Waals surface area (Å²) < 4.78 is 12.6. The Morgan fingerprint density at radius 2 is 1.63 bits per heavy atom. The average Bonchev–Trinajstić information content (AvgIpc) is 3.44. The predicted molar refractivity (Wildman–Crippen MR) is 159 cm³/mol. The predicted octanol–water partition coefficient (Wildman–Crippen LogP) is 4.35. The first-order chi connectivity index (χ1) is 20.0. The molecule has 0 spiro atoms. The van der Waals surface area contributed by atoms with Crippen molar-refractivity contribution in [1.82, 2.24) is 24.6 Å². The van der Waals surface area contributed by atoms with Crippen LogP contribution in [0.15, 0.2) is 84.0 Å². The molecule has 4 aromatic rings. The number of nitrogens with zero attached hydrogens (tertiary/aromatic N) is 5. The summed E-state index contributed by atoms with van der Waals surface area (Å²) in [6.45, 7) is 3.49. The SMILES string of the molecule is COc1ccc(CC(=O)N2CCN(C(=O)CSc3nnc(-c4cccc(OC)c4)n3-c3ccccc3)CC2C)cc1. The number of amides is 2. The Hall–Kier alpha value is -4.31. The van der Waals surface area contributed by atoms with E-state index in [1.807, 2.05) is 100 Å². The van der Waals surface area contributed by atoms with Crippen molar-refractivity contribution in [3.63, 3.8) is 0 Å². The third kappa shape index (κ3) is 6.54. The van der Waals surface area contributed by atoms with E-state index in [9.17, 15) is 9.59 Å². The van der Waals surface area contributed by atoms with Crippen LogP contribution in [0.1, 0.15) is 12.5 Å². The normalized spacial score (nSPS) is 15.0. The van der Waals surface area contributed by atoms with Gasteiger partial charge in [0.05, 0.1) is 26.4 Å². The smallest absolute Gasteiger partial charge is 0.233 e. The number of piperazine rings is 1. The molecule has 1 aliphatic heterocycles. The van der Waals surface area contributed by atoms with Gasteiger partial charge < -0.3 is 19.3 Å². The molecule has 212 valence electrons. The van der Waals surface area contributed by atoms with Gasteiger partial charge in [0.25, 0.3) is 0 Å². The van der Waals surface area contributed by atoms with Gasteiger partial charge >= 0.3 is 0 Å². The highest BCUT2D eigenvalue weighted by Crippen LogP contribution is 2.30. The van der Waals surface area contributed by atoms with Gasteiger partial charge in [0.1, 0.15) is 11.5 Å². The fraction of sp³-hybridized carbons (Fsp3) is 0.290. The fourth-order valence-corrected chi connectivity index (χ4v) is 5.77. The van der Waals surface area contributed by atoms with Crippen LogP contribution >= 0.6 is 11.8 Å². The molecular formula is C31H33N5O4S. The summed E-state index contributed by atoms with van der Waals surface area (Å²) in [5.74, 6) is 2.45. The summed E-state index contributed by atoms with van der Waals surface area (Å²) in [6, 6.07) is 25.0. The lowest BCUT2D eigenvalue weighted by Gasteiger charge is -2.40. The van der Waals surface area contributed by atoms with Crippen LogP contribution in [0.3, 0.4) is 0 Å². The molecule has 0 bridgehead atoms. The Labute approximate surface area is 244 Å². The van der Waals surface area contributed by atoms with Gasteiger partial charge in [-0.05, 0) is 48.9 Å². The van der Waals surface area contributed by atoms with Crippen LogP contribution in [0, 0.1) is 0 Å². The third-order valence-corrected chi connectivity index (χ3v) is 8.03. The Bertz CT molecular complexity index is 1490. The second-order valence-electron chi connectivity index (χ2n) is 9.80. The van der Waals surface area contributed by atoms with Crippen molar-refractivity contribution >= 4 is 23.6 Å². The molecule has 1 saturated heterocycles. The molecule has 1 fully saturated rings. The van der Waals surface area contributed by atoms with Crippen molar-refractivity contribution < 1.29 is 19.1 Å². The summed E-state index contributed by atoms with van der Waals surface area (Å²) in [6.07, 6.45) is 0.322. The zero-order valence-corrected chi connectivity index (χ0v) is 24.2. The first kappa shape index (κ1) is 28.2. The molecule has 2 heterocycles. The van der Waals surface area contributed by atoms with Crippen LogP contribution in [0.2, 0.25) is 0 Å². The van der Waals surface area contributed by atoms with Gasteiger partial charge in [0.15, 0.2) is 11.0 Å². The highest BCUT2D eigenvalue weighted by atomic mass is 32.2. The number of rotatable bonds is 9. The molecule has 5 rings (SSSR count). The van der Waals surface area contributed by atoms with E-state index >= 15 is 0 Å². The Morgan fingerprint density at radius 3 is 2.34 bits per heavy atom. The molecule has 41 heavy (non-hydrogen) atoms. The molecule has 1 atom stereocenters. The zero-order valence-electron chi connectivity index (χ0n) is 23.4. The van der Waals surface area contributed by atoms with Gasteiger partial charge in [-0.1, -0.05) is 54.2 Å². The minimum absolute atomic E-state index is 0.00893. The summed E-state index contributed by atoms with van der Waals surface area (Å²) in [5, 5.41) is 9.55. The number of carbonyl (C=O) groups is 2. The number of carbonyl (C=O) groups excluding carboxylic acids is 2. The minimum Gasteiger partial charge on any atom is -0.497 e. The first-order valence-electron chi connectivity index (χ1n) is 13.4. The van der Waals surface area contributed by atoms with Crippen LogP contribution in [0.25, 0.3) is 17.1 Å². The number of hydrogen-bond acceptors (Lipinski definition) is 7. The molecule has 0 N–H and O–H groups in total. The number of benzene rings is 3. The van der Waals surface area contributed by atoms with Crippen molar-refractivity contribution in [1.29, 1.82) is 0 Å². The van der Waals surface area contributed by atoms with E-state index in [1.165, 1.54) is 11.8 Å². The number of methoxy groups -OCH3 is 2. The van der Waals surface area contributed by atoms with Crippen molar-refractivity contribution in [3.05, 3.63) is 84.4 Å². The van der Waals surface area contributed by atoms with E-state index in [4.69, 9.17) is 9.47 Å². The largest absolute Gasteiger partial charge is 0.497 e. The topological polar surface area (TPSA) is 89.8 Å². The highest BCUT2D eigenvalue weighted by Gasteiger charge is 2.30. The third-order valence-electron chi connectivity index (χ3n) is 7.12. The van der Waals surface area contributed by atoms with Gasteiger partial charge in [-0.25, -0.2) is 0 Å². The maximum atomic E-state index is 13.3. The number of para-hydroxylation sites is 1. The summed E-state index contributed by atoms with van der Waals surface area (Å²) >= 11 is 1.36. The number of thioether (sulfide) groups is 1. The standard InChI is InChI=1S/C31H33N5O4S/c1-22-20-34(16-17-35(22)28(37)18-23-12-14-26(39-2)15-13-23)29(38)21-41-31-33-32-30(24-8-7-11-27(19-24)40-3)36(31)25-9-5-4-6-10-25/h4-15,19,22H,16-18,20-21H2,1-3H3. The van der Waals surface area contributed by atoms with Crippen LogP contribution in [-0.4, -0.2) is 82.0 Å². The Kier molecular flexibility index (Phi) is 8.88. The molecular weight excluding hydrogens is 538 g/mol. The molecule has 2 amide bonds. The minimum atomic E-state index is -0.0731. The quantitative estimate of drug-likeness (QED) is 0.276. The van der Waals surface area contributed by atoms with Crippen LogP contribution in [-0.2, 0) is 16.0 Å². The van der Waals surface area contributed by atoms with Crippen molar-refractivity contribution in [2.45, 2.75) is 24.5 Å². The first-order valence-corrected chi connectivity index (χ1v) is 14.4. The van der Waals surface area contributed by atoms with Crippen LogP contribution in [0.5, 0.6) is 11.5 Å². The molecule has 3 aromatic carbocycles. The van der Waals surface area contributed by atoms with Gasteiger partial charge in [-0.3, -0.25) is 14.2 Å². The summed E-state index contributed by atoms with van der Waals surface area (Å²) in [5.41, 5.74) is 2.71. The Balaban J connectivity index is 1.24. The number of hydrogen-bond donors (Lipinski definition) is 0. The van der Waals surface area contributed by atoms with Crippen LogP contribution < -0.4 is 9.47 Å². The van der Waals surface area contributed by atoms with Crippen molar-refractivity contribution in [2.75, 3.05) is 39.6 Å². The second-order valence-corrected chi connectivity index (χ2v) is 10.7. The fourth-order valence-electron chi connectivity index (χ4n) is 4.91. The average molecular weight is 572 g/mol. The molecule has 0 radical (unpaired) electrons. The molecule has 1 aliphatic rings. The van der Waals surface area contributed by atoms with Gasteiger partial charge in [0, 0.05) is 36.9 Å². The molecule has 1 unspecified atom stereocenters. The Morgan fingerprint density at radius 1 is 0.878 bits per heavy atom. The van der Waals surface area contributed by atoms with E-state index in [0.29, 0.717) is 37.0 Å². The lowest BCUT2D eigenvalue weighted by molar-refractivity contribution is -0.140. The van der Waals surface area contributed by atoms with E-state index < -0.39 is 0 Å². The number of aromatic nitrogens is 3. The van der Waals surface area contributed by atoms with Crippen molar-refractivity contribution in [2.24, 2.45) is 0 Å². The van der Waals surface area contributed by atoms with E-state index in [1.54, 1.807) is 14.2 Å². The van der Waals surface area contributed by atoms with Crippen molar-refractivity contribution in [3.8, 4) is 28.6 Å².